The van der Waals surface area contributed by atoms with Gasteiger partial charge < -0.3 is 15.2 Å². The average Bonchev–Trinajstić information content (AvgIpc) is 3.19. The number of pyridine rings is 2. The van der Waals surface area contributed by atoms with Crippen molar-refractivity contribution in [3.63, 3.8) is 0 Å². The van der Waals surface area contributed by atoms with Crippen molar-refractivity contribution in [2.24, 2.45) is 0 Å². The lowest BCUT2D eigenvalue weighted by Crippen LogP contribution is -2.29. The van der Waals surface area contributed by atoms with Crippen molar-refractivity contribution in [3.8, 4) is 10.6 Å². The molecule has 5 rings (SSSR count). The lowest BCUT2D eigenvalue weighted by molar-refractivity contribution is 0.255. The van der Waals surface area contributed by atoms with Crippen LogP contribution in [-0.2, 0) is 0 Å². The van der Waals surface area contributed by atoms with Crippen molar-refractivity contribution < 1.29 is 4.39 Å². The Labute approximate surface area is 207 Å². The van der Waals surface area contributed by atoms with Gasteiger partial charge >= 0.3 is 0 Å². The van der Waals surface area contributed by atoms with E-state index < -0.39 is 5.82 Å². The number of aromatic amines is 1. The van der Waals surface area contributed by atoms with Gasteiger partial charge in [-0.05, 0) is 74.5 Å². The molecular weight excluding hydrogens is 463 g/mol. The SMILES string of the molecule is Cc1c(-c2nc(Nc3ccc(C4CCN(C)CC4)cn3)ncc2F)sc2c(C(C)C)c[nH]c(=O)c12. The van der Waals surface area contributed by atoms with E-state index in [0.29, 0.717) is 22.0 Å². The predicted octanol–water partition coefficient (Wildman–Crippen LogP) is 5.57. The van der Waals surface area contributed by atoms with E-state index in [1.165, 1.54) is 16.9 Å². The van der Waals surface area contributed by atoms with E-state index in [4.69, 9.17) is 0 Å². The fourth-order valence-electron chi connectivity index (χ4n) is 4.69. The molecule has 0 atom stereocenters. The third-order valence-corrected chi connectivity index (χ3v) is 8.14. The number of aromatic nitrogens is 4. The zero-order valence-electron chi connectivity index (χ0n) is 20.4. The Bertz CT molecular complexity index is 1420. The van der Waals surface area contributed by atoms with Crippen LogP contribution in [0.4, 0.5) is 16.2 Å². The van der Waals surface area contributed by atoms with Gasteiger partial charge in [0.15, 0.2) is 5.82 Å². The molecule has 1 aliphatic heterocycles. The Morgan fingerprint density at radius 1 is 1.20 bits per heavy atom. The maximum Gasteiger partial charge on any atom is 0.256 e. The molecule has 2 N–H and O–H groups in total. The molecule has 0 radical (unpaired) electrons. The smallest absolute Gasteiger partial charge is 0.256 e. The van der Waals surface area contributed by atoms with Gasteiger partial charge in [-0.15, -0.1) is 11.3 Å². The molecule has 0 aliphatic carbocycles. The molecule has 0 unspecified atom stereocenters. The Balaban J connectivity index is 1.44. The summed E-state index contributed by atoms with van der Waals surface area (Å²) in [6.07, 6.45) is 7.07. The fourth-order valence-corrected chi connectivity index (χ4v) is 6.15. The maximum absolute atomic E-state index is 14.9. The first-order chi connectivity index (χ1) is 16.8. The summed E-state index contributed by atoms with van der Waals surface area (Å²) in [6, 6.07) is 4.00. The second-order valence-corrected chi connectivity index (χ2v) is 10.6. The lowest BCUT2D eigenvalue weighted by atomic mass is 9.91. The molecule has 182 valence electrons. The third-order valence-electron chi connectivity index (χ3n) is 6.79. The summed E-state index contributed by atoms with van der Waals surface area (Å²) in [7, 11) is 2.15. The number of anilines is 2. The van der Waals surface area contributed by atoms with E-state index in [9.17, 15) is 9.18 Å². The van der Waals surface area contributed by atoms with Crippen LogP contribution < -0.4 is 10.9 Å². The zero-order valence-corrected chi connectivity index (χ0v) is 21.2. The average molecular weight is 493 g/mol. The van der Waals surface area contributed by atoms with E-state index in [2.05, 4.69) is 57.1 Å². The summed E-state index contributed by atoms with van der Waals surface area (Å²) in [5, 5.41) is 3.69. The monoisotopic (exact) mass is 492 g/mol. The van der Waals surface area contributed by atoms with E-state index in [1.54, 1.807) is 6.20 Å². The highest BCUT2D eigenvalue weighted by Crippen LogP contribution is 2.40. The molecule has 0 amide bonds. The predicted molar refractivity (Wildman–Crippen MR) is 139 cm³/mol. The van der Waals surface area contributed by atoms with E-state index in [-0.39, 0.29) is 23.1 Å². The summed E-state index contributed by atoms with van der Waals surface area (Å²) in [4.78, 5) is 31.5. The molecule has 9 heteroatoms. The minimum atomic E-state index is -0.529. The fraction of sp³-hybridized carbons (Fsp3) is 0.385. The zero-order chi connectivity index (χ0) is 24.7. The number of hydrogen-bond donors (Lipinski definition) is 2. The van der Waals surface area contributed by atoms with Gasteiger partial charge in [-0.3, -0.25) is 4.79 Å². The molecule has 1 fully saturated rings. The Kier molecular flexibility index (Phi) is 6.37. The van der Waals surface area contributed by atoms with Crippen molar-refractivity contribution in [2.45, 2.75) is 45.4 Å². The van der Waals surface area contributed by atoms with Gasteiger partial charge in [-0.1, -0.05) is 19.9 Å². The van der Waals surface area contributed by atoms with Gasteiger partial charge in [0.2, 0.25) is 5.95 Å². The molecule has 1 saturated heterocycles. The van der Waals surface area contributed by atoms with Crippen LogP contribution in [-0.4, -0.2) is 45.0 Å². The highest BCUT2D eigenvalue weighted by molar-refractivity contribution is 7.22. The van der Waals surface area contributed by atoms with Crippen LogP contribution in [0.15, 0.2) is 35.5 Å². The topological polar surface area (TPSA) is 86.8 Å². The molecule has 0 spiro atoms. The van der Waals surface area contributed by atoms with Gasteiger partial charge in [0.1, 0.15) is 11.5 Å². The summed E-state index contributed by atoms with van der Waals surface area (Å²) < 4.78 is 15.8. The van der Waals surface area contributed by atoms with Crippen LogP contribution in [0.5, 0.6) is 0 Å². The molecule has 7 nitrogen and oxygen atoms in total. The van der Waals surface area contributed by atoms with Crippen molar-refractivity contribution in [1.82, 2.24) is 24.8 Å². The molecule has 0 bridgehead atoms. The molecule has 4 aromatic heterocycles. The van der Waals surface area contributed by atoms with Gasteiger partial charge in [-0.25, -0.2) is 19.3 Å². The quantitative estimate of drug-likeness (QED) is 0.379. The number of piperidine rings is 1. The molecule has 4 aromatic rings. The number of hydrogen-bond acceptors (Lipinski definition) is 7. The van der Waals surface area contributed by atoms with E-state index in [1.807, 2.05) is 19.2 Å². The number of nitrogens with one attached hydrogen (secondary N) is 2. The first-order valence-corrected chi connectivity index (χ1v) is 12.7. The highest BCUT2D eigenvalue weighted by Gasteiger charge is 2.22. The number of fused-ring (bicyclic) bond motifs is 1. The minimum Gasteiger partial charge on any atom is -0.328 e. The standard InChI is InChI=1S/C26H29FN6OS/c1-14(2)18-12-29-25(34)21-15(3)23(35-24(18)21)22-19(27)13-30-26(32-22)31-20-6-5-17(11-28-20)16-7-9-33(4)10-8-16/h5-6,11-14,16H,7-10H2,1-4H3,(H,29,34)(H,28,30,31,32). The number of H-pyrrole nitrogens is 1. The molecule has 0 aromatic carbocycles. The number of thiophene rings is 1. The minimum absolute atomic E-state index is 0.175. The van der Waals surface area contributed by atoms with Crippen LogP contribution in [0.25, 0.3) is 20.7 Å². The molecule has 35 heavy (non-hydrogen) atoms. The van der Waals surface area contributed by atoms with Crippen LogP contribution in [0.3, 0.4) is 0 Å². The number of halogens is 1. The van der Waals surface area contributed by atoms with E-state index in [0.717, 1.165) is 48.0 Å². The molecule has 5 heterocycles. The Morgan fingerprint density at radius 3 is 2.66 bits per heavy atom. The summed E-state index contributed by atoms with van der Waals surface area (Å²) in [5.41, 5.74) is 2.99. The Hall–Kier alpha value is -3.17. The molecule has 1 aliphatic rings. The number of nitrogens with zero attached hydrogens (tertiary/aromatic N) is 4. The first kappa shape index (κ1) is 23.6. The van der Waals surface area contributed by atoms with E-state index >= 15 is 0 Å². The van der Waals surface area contributed by atoms with Crippen LogP contribution in [0, 0.1) is 12.7 Å². The number of likely N-dealkylation sites (tertiary alicyclic amines) is 1. The largest absolute Gasteiger partial charge is 0.328 e. The lowest BCUT2D eigenvalue weighted by Gasteiger charge is -2.29. The first-order valence-electron chi connectivity index (χ1n) is 11.9. The van der Waals surface area contributed by atoms with Crippen LogP contribution >= 0.6 is 11.3 Å². The maximum atomic E-state index is 14.9. The summed E-state index contributed by atoms with van der Waals surface area (Å²) >= 11 is 1.40. The van der Waals surface area contributed by atoms with Gasteiger partial charge in [0.05, 0.1) is 16.5 Å². The normalized spacial score (nSPS) is 15.3. The van der Waals surface area contributed by atoms with Gasteiger partial charge in [0, 0.05) is 17.1 Å². The van der Waals surface area contributed by atoms with Crippen molar-refractivity contribution >= 4 is 33.2 Å². The number of aryl methyl sites for hydroxylation is 1. The highest BCUT2D eigenvalue weighted by atomic mass is 32.1. The second-order valence-electron chi connectivity index (χ2n) is 9.56. The summed E-state index contributed by atoms with van der Waals surface area (Å²) in [6.45, 7) is 8.17. The van der Waals surface area contributed by atoms with Crippen molar-refractivity contribution in [2.75, 3.05) is 25.5 Å². The number of rotatable bonds is 5. The van der Waals surface area contributed by atoms with Gasteiger partial charge in [-0.2, -0.15) is 0 Å². The molecule has 0 saturated carbocycles. The van der Waals surface area contributed by atoms with Gasteiger partial charge in [0.25, 0.3) is 5.56 Å². The Morgan fingerprint density at radius 2 is 1.97 bits per heavy atom. The second kappa shape index (κ2) is 9.47. The molecular formula is C26H29FN6OS. The van der Waals surface area contributed by atoms with Crippen LogP contribution in [0.2, 0.25) is 0 Å². The summed E-state index contributed by atoms with van der Waals surface area (Å²) in [5.74, 6) is 1.08. The third kappa shape index (κ3) is 4.58. The van der Waals surface area contributed by atoms with Crippen molar-refractivity contribution in [1.29, 1.82) is 0 Å². The van der Waals surface area contributed by atoms with Crippen LogP contribution in [0.1, 0.15) is 55.2 Å². The van der Waals surface area contributed by atoms with Crippen molar-refractivity contribution in [3.05, 3.63) is 63.6 Å².